The lowest BCUT2D eigenvalue weighted by Gasteiger charge is -2.11. The van der Waals surface area contributed by atoms with Crippen LogP contribution in [0.4, 0.5) is 0 Å². The van der Waals surface area contributed by atoms with Gasteiger partial charge in [0.25, 0.3) is 0 Å². The van der Waals surface area contributed by atoms with E-state index in [0.717, 1.165) is 25.1 Å². The van der Waals surface area contributed by atoms with Crippen LogP contribution >= 0.6 is 24.0 Å². The SMILES string of the molecule is Cl.O=C(NCCOc1cccc(Cl)c1)C1CCCN1. The summed E-state index contributed by atoms with van der Waals surface area (Å²) in [6, 6.07) is 7.19. The van der Waals surface area contributed by atoms with Gasteiger partial charge >= 0.3 is 0 Å². The van der Waals surface area contributed by atoms with Crippen LogP contribution in [0, 0.1) is 0 Å². The lowest BCUT2D eigenvalue weighted by molar-refractivity contribution is -0.122. The van der Waals surface area contributed by atoms with Gasteiger partial charge in [-0.3, -0.25) is 4.79 Å². The summed E-state index contributed by atoms with van der Waals surface area (Å²) in [5.74, 6) is 0.776. The highest BCUT2D eigenvalue weighted by Crippen LogP contribution is 2.16. The van der Waals surface area contributed by atoms with Crippen molar-refractivity contribution in [1.82, 2.24) is 10.6 Å². The summed E-state index contributed by atoms with van der Waals surface area (Å²) in [4.78, 5) is 11.7. The highest BCUT2D eigenvalue weighted by Gasteiger charge is 2.21. The van der Waals surface area contributed by atoms with Gasteiger partial charge in [0.15, 0.2) is 0 Å². The van der Waals surface area contributed by atoms with E-state index in [0.29, 0.717) is 18.2 Å². The smallest absolute Gasteiger partial charge is 0.237 e. The van der Waals surface area contributed by atoms with Gasteiger partial charge in [0.05, 0.1) is 12.6 Å². The number of carbonyl (C=O) groups is 1. The van der Waals surface area contributed by atoms with Gasteiger partial charge in [-0.05, 0) is 37.6 Å². The van der Waals surface area contributed by atoms with E-state index in [2.05, 4.69) is 10.6 Å². The van der Waals surface area contributed by atoms with E-state index in [1.165, 1.54) is 0 Å². The van der Waals surface area contributed by atoms with Gasteiger partial charge in [-0.15, -0.1) is 12.4 Å². The molecule has 0 bridgehead atoms. The minimum atomic E-state index is -0.0313. The molecule has 1 atom stereocenters. The van der Waals surface area contributed by atoms with Gasteiger partial charge in [-0.1, -0.05) is 17.7 Å². The molecule has 0 radical (unpaired) electrons. The Bertz CT molecular complexity index is 409. The highest BCUT2D eigenvalue weighted by atomic mass is 35.5. The summed E-state index contributed by atoms with van der Waals surface area (Å²) in [7, 11) is 0. The third-order valence-electron chi connectivity index (χ3n) is 2.84. The number of nitrogens with one attached hydrogen (secondary N) is 2. The van der Waals surface area contributed by atoms with Crippen LogP contribution in [0.1, 0.15) is 12.8 Å². The first kappa shape index (κ1) is 16.1. The van der Waals surface area contributed by atoms with Gasteiger partial charge < -0.3 is 15.4 Å². The average molecular weight is 305 g/mol. The van der Waals surface area contributed by atoms with E-state index < -0.39 is 0 Å². The lowest BCUT2D eigenvalue weighted by atomic mass is 10.2. The molecule has 1 aromatic carbocycles. The van der Waals surface area contributed by atoms with Crippen molar-refractivity contribution in [1.29, 1.82) is 0 Å². The first-order valence-electron chi connectivity index (χ1n) is 6.15. The lowest BCUT2D eigenvalue weighted by Crippen LogP contribution is -2.41. The monoisotopic (exact) mass is 304 g/mol. The Balaban J connectivity index is 0.00000180. The predicted octanol–water partition coefficient (Wildman–Crippen LogP) is 2.01. The number of halogens is 2. The predicted molar refractivity (Wildman–Crippen MR) is 78.2 cm³/mol. The van der Waals surface area contributed by atoms with Crippen LogP contribution in [-0.2, 0) is 4.79 Å². The van der Waals surface area contributed by atoms with Crippen molar-refractivity contribution in [3.05, 3.63) is 29.3 Å². The second-order valence-electron chi connectivity index (χ2n) is 4.25. The molecule has 1 aliphatic rings. The van der Waals surface area contributed by atoms with E-state index in [-0.39, 0.29) is 24.4 Å². The van der Waals surface area contributed by atoms with E-state index in [9.17, 15) is 4.79 Å². The van der Waals surface area contributed by atoms with Crippen molar-refractivity contribution < 1.29 is 9.53 Å². The third-order valence-corrected chi connectivity index (χ3v) is 3.08. The van der Waals surface area contributed by atoms with Gasteiger partial charge in [0.2, 0.25) is 5.91 Å². The van der Waals surface area contributed by atoms with Gasteiger partial charge in [0, 0.05) is 5.02 Å². The number of amides is 1. The van der Waals surface area contributed by atoms with Crippen LogP contribution in [0.25, 0.3) is 0 Å². The van der Waals surface area contributed by atoms with Crippen LogP contribution in [0.15, 0.2) is 24.3 Å². The zero-order valence-corrected chi connectivity index (χ0v) is 12.1. The van der Waals surface area contributed by atoms with E-state index in [1.54, 1.807) is 12.1 Å². The minimum absolute atomic E-state index is 0. The molecule has 1 amide bonds. The Hall–Kier alpha value is -0.970. The fraction of sp³-hybridized carbons (Fsp3) is 0.462. The standard InChI is InChI=1S/C13H17ClN2O2.ClH/c14-10-3-1-4-11(9-10)18-8-7-16-13(17)12-5-2-6-15-12;/h1,3-4,9,12,15H,2,5-8H2,(H,16,17);1H. The maximum Gasteiger partial charge on any atom is 0.237 e. The molecule has 106 valence electrons. The molecule has 19 heavy (non-hydrogen) atoms. The van der Waals surface area contributed by atoms with E-state index in [4.69, 9.17) is 16.3 Å². The zero-order valence-electron chi connectivity index (χ0n) is 10.5. The van der Waals surface area contributed by atoms with Gasteiger partial charge in [-0.25, -0.2) is 0 Å². The quantitative estimate of drug-likeness (QED) is 0.818. The largest absolute Gasteiger partial charge is 0.492 e. The molecule has 1 aromatic rings. The molecule has 1 unspecified atom stereocenters. The molecular weight excluding hydrogens is 287 g/mol. The molecule has 4 nitrogen and oxygen atoms in total. The third kappa shape index (κ3) is 5.27. The van der Waals surface area contributed by atoms with E-state index in [1.807, 2.05) is 12.1 Å². The summed E-state index contributed by atoms with van der Waals surface area (Å²) in [5, 5.41) is 6.65. The average Bonchev–Trinajstić information content (AvgIpc) is 2.88. The Morgan fingerprint density at radius 1 is 1.53 bits per heavy atom. The number of rotatable bonds is 5. The summed E-state index contributed by atoms with van der Waals surface area (Å²) in [5.41, 5.74) is 0. The van der Waals surface area contributed by atoms with Crippen molar-refractivity contribution in [2.75, 3.05) is 19.7 Å². The molecule has 0 aliphatic carbocycles. The summed E-state index contributed by atoms with van der Waals surface area (Å²) < 4.78 is 5.48. The number of benzene rings is 1. The molecule has 0 spiro atoms. The Morgan fingerprint density at radius 3 is 3.05 bits per heavy atom. The van der Waals surface area contributed by atoms with Crippen LogP contribution in [0.3, 0.4) is 0 Å². The second-order valence-corrected chi connectivity index (χ2v) is 4.68. The molecule has 1 heterocycles. The fourth-order valence-corrected chi connectivity index (χ4v) is 2.11. The Labute approximate surface area is 124 Å². The first-order valence-corrected chi connectivity index (χ1v) is 6.53. The van der Waals surface area contributed by atoms with Crippen LogP contribution < -0.4 is 15.4 Å². The van der Waals surface area contributed by atoms with Crippen molar-refractivity contribution in [2.24, 2.45) is 0 Å². The normalized spacial score (nSPS) is 17.6. The fourth-order valence-electron chi connectivity index (χ4n) is 1.93. The molecule has 2 N–H and O–H groups in total. The molecule has 0 saturated carbocycles. The van der Waals surface area contributed by atoms with Crippen molar-refractivity contribution in [3.63, 3.8) is 0 Å². The maximum atomic E-state index is 11.7. The van der Waals surface area contributed by atoms with E-state index >= 15 is 0 Å². The molecule has 6 heteroatoms. The summed E-state index contributed by atoms with van der Waals surface area (Å²) in [6.07, 6.45) is 1.98. The number of ether oxygens (including phenoxy) is 1. The zero-order chi connectivity index (χ0) is 12.8. The summed E-state index contributed by atoms with van der Waals surface area (Å²) in [6.45, 7) is 1.87. The van der Waals surface area contributed by atoms with Crippen molar-refractivity contribution in [3.8, 4) is 5.75 Å². The Morgan fingerprint density at radius 2 is 2.37 bits per heavy atom. The highest BCUT2D eigenvalue weighted by molar-refractivity contribution is 6.30. The molecule has 1 fully saturated rings. The molecular formula is C13H18Cl2N2O2. The number of hydrogen-bond donors (Lipinski definition) is 2. The van der Waals surface area contributed by atoms with Crippen molar-refractivity contribution >= 4 is 29.9 Å². The maximum absolute atomic E-state index is 11.7. The van der Waals surface area contributed by atoms with Gasteiger partial charge in [-0.2, -0.15) is 0 Å². The van der Waals surface area contributed by atoms with Gasteiger partial charge in [0.1, 0.15) is 12.4 Å². The first-order chi connectivity index (χ1) is 8.75. The number of hydrogen-bond acceptors (Lipinski definition) is 3. The summed E-state index contributed by atoms with van der Waals surface area (Å²) >= 11 is 5.84. The van der Waals surface area contributed by atoms with Crippen LogP contribution in [-0.4, -0.2) is 31.6 Å². The molecule has 2 rings (SSSR count). The van der Waals surface area contributed by atoms with Crippen LogP contribution in [0.5, 0.6) is 5.75 Å². The Kier molecular flexibility index (Phi) is 6.99. The topological polar surface area (TPSA) is 50.4 Å². The van der Waals surface area contributed by atoms with Crippen LogP contribution in [0.2, 0.25) is 5.02 Å². The minimum Gasteiger partial charge on any atom is -0.492 e. The molecule has 0 aromatic heterocycles. The second kappa shape index (κ2) is 8.25. The molecule has 1 aliphatic heterocycles. The number of carbonyl (C=O) groups excluding carboxylic acids is 1. The molecule has 1 saturated heterocycles. The van der Waals surface area contributed by atoms with Crippen molar-refractivity contribution in [2.45, 2.75) is 18.9 Å².